The van der Waals surface area contributed by atoms with Crippen molar-refractivity contribution in [2.75, 3.05) is 13.7 Å². The lowest BCUT2D eigenvalue weighted by Crippen LogP contribution is -2.22. The molecule has 4 heteroatoms. The average Bonchev–Trinajstić information content (AvgIpc) is 2.60. The van der Waals surface area contributed by atoms with Crippen molar-refractivity contribution in [2.24, 2.45) is 0 Å². The van der Waals surface area contributed by atoms with E-state index in [1.54, 1.807) is 7.11 Å². The van der Waals surface area contributed by atoms with Crippen LogP contribution in [0.15, 0.2) is 42.5 Å². The van der Waals surface area contributed by atoms with E-state index in [1.165, 1.54) is 5.56 Å². The molecule has 1 amide bonds. The van der Waals surface area contributed by atoms with Gasteiger partial charge in [-0.1, -0.05) is 35.9 Å². The van der Waals surface area contributed by atoms with Crippen molar-refractivity contribution in [1.82, 2.24) is 5.32 Å². The van der Waals surface area contributed by atoms with Gasteiger partial charge in [0.15, 0.2) is 11.5 Å². The van der Waals surface area contributed by atoms with Gasteiger partial charge in [-0.2, -0.15) is 0 Å². The SMILES string of the molecule is CCOc1ccc(CCC(=O)NCc2ccc(C)cc2)cc1OC. The Bertz CT molecular complexity index is 665. The molecule has 0 spiro atoms. The highest BCUT2D eigenvalue weighted by molar-refractivity contribution is 5.76. The predicted octanol–water partition coefficient (Wildman–Crippen LogP) is 3.65. The van der Waals surface area contributed by atoms with E-state index in [-0.39, 0.29) is 5.91 Å². The second-order valence-corrected chi connectivity index (χ2v) is 5.68. The Kier molecular flexibility index (Phi) is 6.67. The van der Waals surface area contributed by atoms with E-state index < -0.39 is 0 Å². The molecule has 0 atom stereocenters. The summed E-state index contributed by atoms with van der Waals surface area (Å²) in [5, 5.41) is 2.95. The maximum atomic E-state index is 12.0. The van der Waals surface area contributed by atoms with E-state index in [1.807, 2.05) is 56.3 Å². The second-order valence-electron chi connectivity index (χ2n) is 5.68. The molecule has 0 bridgehead atoms. The number of carbonyl (C=O) groups is 1. The summed E-state index contributed by atoms with van der Waals surface area (Å²) in [5.74, 6) is 1.48. The summed E-state index contributed by atoms with van der Waals surface area (Å²) in [4.78, 5) is 12.0. The quantitative estimate of drug-likeness (QED) is 0.805. The smallest absolute Gasteiger partial charge is 0.220 e. The summed E-state index contributed by atoms with van der Waals surface area (Å²) in [5.41, 5.74) is 3.38. The molecular formula is C20H25NO3. The van der Waals surface area contributed by atoms with E-state index >= 15 is 0 Å². The fourth-order valence-corrected chi connectivity index (χ4v) is 2.40. The first kappa shape index (κ1) is 17.9. The van der Waals surface area contributed by atoms with Crippen LogP contribution in [0.4, 0.5) is 0 Å². The molecular weight excluding hydrogens is 302 g/mol. The number of benzene rings is 2. The van der Waals surface area contributed by atoms with Crippen LogP contribution in [0.1, 0.15) is 30.0 Å². The summed E-state index contributed by atoms with van der Waals surface area (Å²) in [7, 11) is 1.62. The van der Waals surface area contributed by atoms with Gasteiger partial charge in [-0.05, 0) is 43.5 Å². The van der Waals surface area contributed by atoms with Gasteiger partial charge in [0.05, 0.1) is 13.7 Å². The van der Waals surface area contributed by atoms with Gasteiger partial charge in [0, 0.05) is 13.0 Å². The number of nitrogens with one attached hydrogen (secondary N) is 1. The monoisotopic (exact) mass is 327 g/mol. The zero-order chi connectivity index (χ0) is 17.4. The first-order chi connectivity index (χ1) is 11.6. The minimum absolute atomic E-state index is 0.0448. The first-order valence-corrected chi connectivity index (χ1v) is 8.24. The van der Waals surface area contributed by atoms with Crippen LogP contribution in [0.3, 0.4) is 0 Å². The third-order valence-electron chi connectivity index (χ3n) is 3.78. The van der Waals surface area contributed by atoms with Crippen LogP contribution in [-0.2, 0) is 17.8 Å². The van der Waals surface area contributed by atoms with Crippen molar-refractivity contribution in [1.29, 1.82) is 0 Å². The molecule has 24 heavy (non-hydrogen) atoms. The van der Waals surface area contributed by atoms with Crippen molar-refractivity contribution in [3.63, 3.8) is 0 Å². The van der Waals surface area contributed by atoms with E-state index in [0.29, 0.717) is 31.7 Å². The molecule has 2 aromatic carbocycles. The van der Waals surface area contributed by atoms with Crippen LogP contribution < -0.4 is 14.8 Å². The lowest BCUT2D eigenvalue weighted by Gasteiger charge is -2.11. The van der Waals surface area contributed by atoms with E-state index in [9.17, 15) is 4.79 Å². The number of methoxy groups -OCH3 is 1. The molecule has 4 nitrogen and oxygen atoms in total. The van der Waals surface area contributed by atoms with Crippen LogP contribution in [-0.4, -0.2) is 19.6 Å². The van der Waals surface area contributed by atoms with Gasteiger partial charge in [-0.15, -0.1) is 0 Å². The van der Waals surface area contributed by atoms with E-state index in [4.69, 9.17) is 9.47 Å². The summed E-state index contributed by atoms with van der Waals surface area (Å²) in [6.07, 6.45) is 1.12. The Hall–Kier alpha value is -2.49. The highest BCUT2D eigenvalue weighted by Crippen LogP contribution is 2.28. The number of carbonyl (C=O) groups excluding carboxylic acids is 1. The molecule has 0 unspecified atom stereocenters. The van der Waals surface area contributed by atoms with Gasteiger partial charge in [-0.25, -0.2) is 0 Å². The van der Waals surface area contributed by atoms with Crippen LogP contribution in [0.5, 0.6) is 11.5 Å². The number of amides is 1. The number of hydrogen-bond acceptors (Lipinski definition) is 3. The third kappa shape index (κ3) is 5.30. The topological polar surface area (TPSA) is 47.6 Å². The van der Waals surface area contributed by atoms with Crippen LogP contribution in [0.2, 0.25) is 0 Å². The van der Waals surface area contributed by atoms with Crippen molar-refractivity contribution in [2.45, 2.75) is 33.2 Å². The Balaban J connectivity index is 1.83. The van der Waals surface area contributed by atoms with E-state index in [0.717, 1.165) is 16.9 Å². The molecule has 2 rings (SSSR count). The highest BCUT2D eigenvalue weighted by Gasteiger charge is 2.07. The zero-order valence-electron chi connectivity index (χ0n) is 14.6. The second kappa shape index (κ2) is 8.96. The zero-order valence-corrected chi connectivity index (χ0v) is 14.6. The normalized spacial score (nSPS) is 10.3. The van der Waals surface area contributed by atoms with Gasteiger partial charge in [0.2, 0.25) is 5.91 Å². The fraction of sp³-hybridized carbons (Fsp3) is 0.350. The standard InChI is InChI=1S/C20H25NO3/c1-4-24-18-11-9-16(13-19(18)23-3)10-12-20(22)21-14-17-7-5-15(2)6-8-17/h5-9,11,13H,4,10,12,14H2,1-3H3,(H,21,22). The Morgan fingerprint density at radius 2 is 1.75 bits per heavy atom. The molecule has 0 fully saturated rings. The predicted molar refractivity (Wildman–Crippen MR) is 95.5 cm³/mol. The Labute approximate surface area is 143 Å². The van der Waals surface area contributed by atoms with Crippen molar-refractivity contribution >= 4 is 5.91 Å². The first-order valence-electron chi connectivity index (χ1n) is 8.24. The summed E-state index contributed by atoms with van der Waals surface area (Å²) in [6.45, 7) is 5.14. The maximum absolute atomic E-state index is 12.0. The van der Waals surface area contributed by atoms with E-state index in [2.05, 4.69) is 5.32 Å². The molecule has 128 valence electrons. The largest absolute Gasteiger partial charge is 0.493 e. The van der Waals surface area contributed by atoms with Crippen molar-refractivity contribution < 1.29 is 14.3 Å². The minimum atomic E-state index is 0.0448. The molecule has 0 aliphatic carbocycles. The fourth-order valence-electron chi connectivity index (χ4n) is 2.40. The van der Waals surface area contributed by atoms with Gasteiger partial charge in [0.1, 0.15) is 0 Å². The molecule has 0 heterocycles. The molecule has 0 aliphatic rings. The summed E-state index contributed by atoms with van der Waals surface area (Å²) in [6, 6.07) is 14.0. The van der Waals surface area contributed by atoms with Crippen LogP contribution in [0.25, 0.3) is 0 Å². The lowest BCUT2D eigenvalue weighted by molar-refractivity contribution is -0.121. The molecule has 1 N–H and O–H groups in total. The average molecular weight is 327 g/mol. The molecule has 0 aliphatic heterocycles. The molecule has 2 aromatic rings. The molecule has 0 radical (unpaired) electrons. The van der Waals surface area contributed by atoms with Gasteiger partial charge < -0.3 is 14.8 Å². The maximum Gasteiger partial charge on any atom is 0.220 e. The van der Waals surface area contributed by atoms with Crippen molar-refractivity contribution in [3.8, 4) is 11.5 Å². The van der Waals surface area contributed by atoms with Gasteiger partial charge >= 0.3 is 0 Å². The minimum Gasteiger partial charge on any atom is -0.493 e. The van der Waals surface area contributed by atoms with Gasteiger partial charge in [-0.3, -0.25) is 4.79 Å². The number of ether oxygens (including phenoxy) is 2. The number of aryl methyl sites for hydroxylation is 2. The highest BCUT2D eigenvalue weighted by atomic mass is 16.5. The van der Waals surface area contributed by atoms with Crippen LogP contribution >= 0.6 is 0 Å². The summed E-state index contributed by atoms with van der Waals surface area (Å²) >= 11 is 0. The molecule has 0 saturated heterocycles. The molecule has 0 saturated carbocycles. The number of rotatable bonds is 8. The van der Waals surface area contributed by atoms with Crippen LogP contribution in [0, 0.1) is 6.92 Å². The molecule has 0 aromatic heterocycles. The lowest BCUT2D eigenvalue weighted by atomic mass is 10.1. The van der Waals surface area contributed by atoms with Gasteiger partial charge in [0.25, 0.3) is 0 Å². The Morgan fingerprint density at radius 1 is 1.04 bits per heavy atom. The third-order valence-corrected chi connectivity index (χ3v) is 3.78. The Morgan fingerprint density at radius 3 is 2.42 bits per heavy atom. The number of hydrogen-bond donors (Lipinski definition) is 1. The van der Waals surface area contributed by atoms with Crippen molar-refractivity contribution in [3.05, 3.63) is 59.2 Å². The summed E-state index contributed by atoms with van der Waals surface area (Å²) < 4.78 is 10.8.